The van der Waals surface area contributed by atoms with Crippen molar-refractivity contribution in [1.82, 2.24) is 19.8 Å². The van der Waals surface area contributed by atoms with Crippen molar-refractivity contribution in [2.75, 3.05) is 13.1 Å². The van der Waals surface area contributed by atoms with Crippen molar-refractivity contribution in [3.8, 4) is 0 Å². The third-order valence-corrected chi connectivity index (χ3v) is 5.89. The molecular formula is C21H29ClF5N5O3. The third-order valence-electron chi connectivity index (χ3n) is 5.89. The van der Waals surface area contributed by atoms with Gasteiger partial charge in [-0.1, -0.05) is 20.8 Å². The summed E-state index contributed by atoms with van der Waals surface area (Å²) >= 11 is 0. The van der Waals surface area contributed by atoms with Crippen molar-refractivity contribution < 1.29 is 36.6 Å². The number of aliphatic hydroxyl groups excluding tert-OH is 1. The Balaban J connectivity index is 0.00000432. The van der Waals surface area contributed by atoms with Crippen LogP contribution in [0, 0.1) is 0 Å². The van der Waals surface area contributed by atoms with Crippen molar-refractivity contribution >= 4 is 24.2 Å². The number of halogens is 6. The van der Waals surface area contributed by atoms with Crippen LogP contribution in [0.3, 0.4) is 0 Å². The molecule has 2 atom stereocenters. The number of fused-ring (bicyclic) bond motifs is 1. The number of aliphatic hydroxyl groups is 1. The molecule has 0 bridgehead atoms. The molecule has 0 radical (unpaired) electrons. The summed E-state index contributed by atoms with van der Waals surface area (Å²) in [6.07, 6.45) is -8.68. The summed E-state index contributed by atoms with van der Waals surface area (Å²) in [5, 5.41) is 9.79. The van der Waals surface area contributed by atoms with Crippen LogP contribution in [0.4, 0.5) is 22.0 Å². The van der Waals surface area contributed by atoms with Crippen molar-refractivity contribution in [2.24, 2.45) is 5.73 Å². The second kappa shape index (κ2) is 10.1. The number of alkyl halides is 5. The Morgan fingerprint density at radius 3 is 2.43 bits per heavy atom. The lowest BCUT2D eigenvalue weighted by Crippen LogP contribution is -2.58. The molecule has 14 heteroatoms. The van der Waals surface area contributed by atoms with E-state index in [4.69, 9.17) is 5.73 Å². The molecule has 1 aromatic heterocycles. The van der Waals surface area contributed by atoms with E-state index >= 15 is 0 Å². The zero-order valence-corrected chi connectivity index (χ0v) is 20.3. The van der Waals surface area contributed by atoms with E-state index in [1.54, 1.807) is 20.8 Å². The van der Waals surface area contributed by atoms with Gasteiger partial charge < -0.3 is 20.6 Å². The number of rotatable bonds is 4. The van der Waals surface area contributed by atoms with Gasteiger partial charge in [-0.15, -0.1) is 12.4 Å². The second-order valence-electron chi connectivity index (χ2n) is 9.78. The predicted molar refractivity (Wildman–Crippen MR) is 117 cm³/mol. The highest BCUT2D eigenvalue weighted by Gasteiger charge is 2.48. The molecule has 0 spiro atoms. The number of nitrogens with zero attached hydrogens (tertiary/aromatic N) is 4. The number of likely N-dealkylation sites (tertiary alicyclic amines) is 1. The maximum atomic E-state index is 13.7. The Hall–Kier alpha value is -2.12. The quantitative estimate of drug-likeness (QED) is 0.579. The Morgan fingerprint density at radius 2 is 1.86 bits per heavy atom. The standard InChI is InChI=1S/C21H28F5N5O3.ClH/c1-19(2,3)17-28-13-10-30(7-5-12(13)16(29-17)21(24,25)26)15(33)8-11(27)9-31-14(32)4-6-20(22,23)18(31)34;/h11,18,34H,4-10,27H2,1-3H3;1H. The molecule has 2 aliphatic rings. The van der Waals surface area contributed by atoms with E-state index in [1.165, 1.54) is 4.90 Å². The molecule has 3 N–H and O–H groups in total. The van der Waals surface area contributed by atoms with Crippen LogP contribution in [0.15, 0.2) is 0 Å². The van der Waals surface area contributed by atoms with E-state index in [1.807, 2.05) is 0 Å². The summed E-state index contributed by atoms with van der Waals surface area (Å²) in [7, 11) is 0. The fraction of sp³-hybridized carbons (Fsp3) is 0.714. The molecule has 8 nitrogen and oxygen atoms in total. The lowest BCUT2D eigenvalue weighted by Gasteiger charge is -2.38. The van der Waals surface area contributed by atoms with E-state index < -0.39 is 66.7 Å². The van der Waals surface area contributed by atoms with Crippen molar-refractivity contribution in [3.05, 3.63) is 22.8 Å². The smallest absolute Gasteiger partial charge is 0.368 e. The van der Waals surface area contributed by atoms with E-state index in [0.717, 1.165) is 0 Å². The largest absolute Gasteiger partial charge is 0.433 e. The lowest BCUT2D eigenvalue weighted by molar-refractivity contribution is -0.205. The summed E-state index contributed by atoms with van der Waals surface area (Å²) in [6, 6.07) is -1.05. The number of aromatic nitrogens is 2. The lowest BCUT2D eigenvalue weighted by atomic mass is 9.93. The van der Waals surface area contributed by atoms with E-state index in [2.05, 4.69) is 9.97 Å². The van der Waals surface area contributed by atoms with E-state index in [9.17, 15) is 36.6 Å². The van der Waals surface area contributed by atoms with Crippen LogP contribution in [0.2, 0.25) is 0 Å². The highest BCUT2D eigenvalue weighted by Crippen LogP contribution is 2.36. The highest BCUT2D eigenvalue weighted by molar-refractivity contribution is 5.85. The average Bonchev–Trinajstić information content (AvgIpc) is 2.71. The number of carbonyl (C=O) groups is 2. The topological polar surface area (TPSA) is 113 Å². The van der Waals surface area contributed by atoms with Gasteiger partial charge >= 0.3 is 6.18 Å². The molecular weight excluding hydrogens is 501 g/mol. The molecule has 0 aromatic carbocycles. The molecule has 3 rings (SSSR count). The average molecular weight is 530 g/mol. The summed E-state index contributed by atoms with van der Waals surface area (Å²) in [5.74, 6) is -4.69. The van der Waals surface area contributed by atoms with Crippen LogP contribution in [0.25, 0.3) is 0 Å². The first-order valence-electron chi connectivity index (χ1n) is 10.9. The first-order chi connectivity index (χ1) is 15.5. The Morgan fingerprint density at radius 1 is 1.23 bits per heavy atom. The molecule has 2 unspecified atom stereocenters. The molecule has 1 fully saturated rings. The van der Waals surface area contributed by atoms with Gasteiger partial charge in [0.25, 0.3) is 5.92 Å². The van der Waals surface area contributed by atoms with E-state index in [-0.39, 0.29) is 55.4 Å². The summed E-state index contributed by atoms with van der Waals surface area (Å²) in [4.78, 5) is 34.6. The van der Waals surface area contributed by atoms with Gasteiger partial charge in [-0.25, -0.2) is 18.7 Å². The summed E-state index contributed by atoms with van der Waals surface area (Å²) < 4.78 is 68.4. The highest BCUT2D eigenvalue weighted by atomic mass is 35.5. The maximum Gasteiger partial charge on any atom is 0.433 e. The van der Waals surface area contributed by atoms with Gasteiger partial charge in [0.2, 0.25) is 11.8 Å². The minimum absolute atomic E-state index is 0. The van der Waals surface area contributed by atoms with Crippen molar-refractivity contribution in [1.29, 1.82) is 0 Å². The summed E-state index contributed by atoms with van der Waals surface area (Å²) in [5.41, 5.74) is 4.19. The van der Waals surface area contributed by atoms with Crippen LogP contribution in [0.5, 0.6) is 0 Å². The van der Waals surface area contributed by atoms with Gasteiger partial charge in [0.1, 0.15) is 5.82 Å². The number of hydrogen-bond acceptors (Lipinski definition) is 6. The monoisotopic (exact) mass is 529 g/mol. The number of nitrogens with two attached hydrogens (primary N) is 1. The Bertz CT molecular complexity index is 970. The van der Waals surface area contributed by atoms with Crippen LogP contribution < -0.4 is 5.73 Å². The van der Waals surface area contributed by atoms with Crippen LogP contribution in [0.1, 0.15) is 62.8 Å². The van der Waals surface area contributed by atoms with Gasteiger partial charge in [0, 0.05) is 49.4 Å². The molecule has 0 aliphatic carbocycles. The van der Waals surface area contributed by atoms with Crippen LogP contribution >= 0.6 is 12.4 Å². The molecule has 2 aliphatic heterocycles. The first kappa shape index (κ1) is 29.1. The molecule has 3 heterocycles. The van der Waals surface area contributed by atoms with Gasteiger partial charge in [-0.2, -0.15) is 13.2 Å². The fourth-order valence-electron chi connectivity index (χ4n) is 4.00. The molecule has 1 aromatic rings. The van der Waals surface area contributed by atoms with Crippen LogP contribution in [-0.2, 0) is 34.1 Å². The predicted octanol–water partition coefficient (Wildman–Crippen LogP) is 2.39. The summed E-state index contributed by atoms with van der Waals surface area (Å²) in [6.45, 7) is 4.38. The van der Waals surface area contributed by atoms with Crippen LogP contribution in [-0.4, -0.2) is 68.0 Å². The zero-order chi connectivity index (χ0) is 25.6. The van der Waals surface area contributed by atoms with Crippen molar-refractivity contribution in [2.45, 2.75) is 82.8 Å². The molecule has 1 saturated heterocycles. The van der Waals surface area contributed by atoms with Gasteiger partial charge in [0.05, 0.1) is 12.2 Å². The fourth-order valence-corrected chi connectivity index (χ4v) is 4.00. The Kier molecular flexibility index (Phi) is 8.40. The second-order valence-corrected chi connectivity index (χ2v) is 9.78. The minimum Gasteiger partial charge on any atom is -0.368 e. The Labute approximate surface area is 205 Å². The maximum absolute atomic E-state index is 13.7. The number of carbonyl (C=O) groups excluding carboxylic acids is 2. The number of piperidine rings is 1. The zero-order valence-electron chi connectivity index (χ0n) is 19.5. The molecule has 0 saturated carbocycles. The number of hydrogen-bond donors (Lipinski definition) is 2. The molecule has 2 amide bonds. The van der Waals surface area contributed by atoms with Gasteiger partial charge in [-0.05, 0) is 6.42 Å². The normalized spacial score (nSPS) is 21.3. The van der Waals surface area contributed by atoms with Gasteiger partial charge in [-0.3, -0.25) is 9.59 Å². The third kappa shape index (κ3) is 6.36. The minimum atomic E-state index is -4.68. The molecule has 35 heavy (non-hydrogen) atoms. The number of amides is 2. The first-order valence-corrected chi connectivity index (χ1v) is 10.9. The van der Waals surface area contributed by atoms with E-state index in [0.29, 0.717) is 4.90 Å². The van der Waals surface area contributed by atoms with Crippen molar-refractivity contribution in [3.63, 3.8) is 0 Å². The SMILES string of the molecule is CC(C)(C)c1nc2c(c(C(F)(F)F)n1)CCN(C(=O)CC(N)CN1C(=O)CCC(F)(F)C1O)C2.Cl. The molecule has 198 valence electrons. The van der Waals surface area contributed by atoms with Gasteiger partial charge in [0.15, 0.2) is 11.9 Å².